The van der Waals surface area contributed by atoms with Gasteiger partial charge in [0.05, 0.1) is 17.7 Å². The van der Waals surface area contributed by atoms with Crippen LogP contribution in [0, 0.1) is 0 Å². The molecule has 0 atom stereocenters. The number of hydrogen-bond acceptors (Lipinski definition) is 6. The lowest BCUT2D eigenvalue weighted by molar-refractivity contribution is -0.132. The van der Waals surface area contributed by atoms with Crippen molar-refractivity contribution in [3.63, 3.8) is 0 Å². The van der Waals surface area contributed by atoms with Gasteiger partial charge in [-0.1, -0.05) is 27.5 Å². The van der Waals surface area contributed by atoms with E-state index >= 15 is 0 Å². The number of carbonyl (C=O) groups excluding carboxylic acids is 2. The van der Waals surface area contributed by atoms with Crippen LogP contribution in [-0.2, 0) is 9.59 Å². The van der Waals surface area contributed by atoms with Gasteiger partial charge in [0.1, 0.15) is 0 Å². The van der Waals surface area contributed by atoms with E-state index in [2.05, 4.69) is 20.9 Å². The van der Waals surface area contributed by atoms with Crippen LogP contribution < -0.4 is 9.47 Å². The Morgan fingerprint density at radius 2 is 1.93 bits per heavy atom. The summed E-state index contributed by atoms with van der Waals surface area (Å²) in [6, 6.07) is 10.4. The lowest BCUT2D eigenvalue weighted by atomic mass is 10.2. The van der Waals surface area contributed by atoms with Gasteiger partial charge in [-0.05, 0) is 59.8 Å². The maximum atomic E-state index is 12.7. The molecular weight excluding hydrogens is 480 g/mol. The summed E-state index contributed by atoms with van der Waals surface area (Å²) in [6.07, 6.45) is 1.73. The molecule has 9 heteroatoms. The summed E-state index contributed by atoms with van der Waals surface area (Å²) < 4.78 is 11.1. The summed E-state index contributed by atoms with van der Waals surface area (Å²) in [5, 5.41) is 1.18. The van der Waals surface area contributed by atoms with E-state index in [0.717, 1.165) is 0 Å². The number of carbonyl (C=O) groups is 2. The number of likely N-dealkylation sites (N-methyl/N-ethyl adjacent to an activating group) is 1. The summed E-state index contributed by atoms with van der Waals surface area (Å²) in [4.78, 5) is 30.4. The van der Waals surface area contributed by atoms with Gasteiger partial charge in [0.15, 0.2) is 16.7 Å². The molecule has 150 valence electrons. The van der Waals surface area contributed by atoms with E-state index in [1.807, 2.05) is 0 Å². The number of benzene rings is 2. The molecule has 0 spiro atoms. The third-order valence-corrected chi connectivity index (χ3v) is 5.88. The highest BCUT2D eigenvalue weighted by molar-refractivity contribution is 9.10. The molecule has 0 N–H and O–H groups in total. The third kappa shape index (κ3) is 5.01. The molecule has 1 aliphatic rings. The molecule has 6 nitrogen and oxygen atoms in total. The fourth-order valence-electron chi connectivity index (χ4n) is 2.47. The van der Waals surface area contributed by atoms with Crippen molar-refractivity contribution in [2.45, 2.75) is 6.92 Å². The molecule has 1 fully saturated rings. The topological polar surface area (TPSA) is 68.2 Å². The van der Waals surface area contributed by atoms with Crippen LogP contribution in [0.15, 0.2) is 50.8 Å². The number of amides is 1. The average molecular weight is 496 g/mol. The predicted molar refractivity (Wildman–Crippen MR) is 119 cm³/mol. The number of amidine groups is 1. The Balaban J connectivity index is 1.93. The minimum Gasteiger partial charge on any atom is -0.493 e. The van der Waals surface area contributed by atoms with Crippen LogP contribution in [0.3, 0.4) is 0 Å². The van der Waals surface area contributed by atoms with Gasteiger partial charge >= 0.3 is 5.97 Å². The number of methoxy groups -OCH3 is 1. The molecule has 1 aliphatic heterocycles. The molecule has 0 radical (unpaired) electrons. The second kappa shape index (κ2) is 9.02. The fourth-order valence-corrected chi connectivity index (χ4v) is 4.02. The minimum absolute atomic E-state index is 0.169. The molecule has 3 rings (SSSR count). The normalized spacial score (nSPS) is 16.6. The monoisotopic (exact) mass is 494 g/mol. The Labute approximate surface area is 185 Å². The molecule has 0 saturated carbocycles. The van der Waals surface area contributed by atoms with E-state index in [0.29, 0.717) is 42.3 Å². The zero-order valence-corrected chi connectivity index (χ0v) is 18.9. The Kier molecular flexibility index (Phi) is 6.66. The number of thioether (sulfide) groups is 1. The van der Waals surface area contributed by atoms with Gasteiger partial charge in [-0.15, -0.1) is 0 Å². The second-order valence-electron chi connectivity index (χ2n) is 5.96. The van der Waals surface area contributed by atoms with Gasteiger partial charge in [0.25, 0.3) is 5.91 Å². The van der Waals surface area contributed by atoms with Gasteiger partial charge in [0.2, 0.25) is 0 Å². The smallest absolute Gasteiger partial charge is 0.308 e. The summed E-state index contributed by atoms with van der Waals surface area (Å²) in [5.41, 5.74) is 1.40. The molecule has 2 aromatic carbocycles. The molecule has 0 bridgehead atoms. The summed E-state index contributed by atoms with van der Waals surface area (Å²) >= 11 is 10.6. The number of rotatable bonds is 4. The Morgan fingerprint density at radius 1 is 1.24 bits per heavy atom. The number of aliphatic imine (C=N–C) groups is 1. The highest BCUT2D eigenvalue weighted by Crippen LogP contribution is 2.38. The standard InChI is InChI=1S/C20H16BrClN2O4S/c1-11(25)28-17-10-15(21)12(8-16(17)27-3)9-18-19(26)24(2)20(29-18)23-14-6-4-13(22)5-7-14/h4-10H,1-3H3/b18-9-,23-20?. The summed E-state index contributed by atoms with van der Waals surface area (Å²) in [7, 11) is 3.15. The molecule has 1 saturated heterocycles. The molecule has 1 amide bonds. The number of halogens is 2. The van der Waals surface area contributed by atoms with Gasteiger partial charge in [0, 0.05) is 23.5 Å². The van der Waals surface area contributed by atoms with Crippen LogP contribution in [0.4, 0.5) is 5.69 Å². The molecule has 2 aromatic rings. The van der Waals surface area contributed by atoms with Crippen LogP contribution in [0.2, 0.25) is 5.02 Å². The molecule has 29 heavy (non-hydrogen) atoms. The molecule has 1 heterocycles. The van der Waals surface area contributed by atoms with E-state index in [1.54, 1.807) is 49.5 Å². The van der Waals surface area contributed by atoms with E-state index in [4.69, 9.17) is 21.1 Å². The molecule has 0 aliphatic carbocycles. The zero-order chi connectivity index (χ0) is 21.1. The SMILES string of the molecule is COc1cc(/C=C2\SC(=Nc3ccc(Cl)cc3)N(C)C2=O)c(Br)cc1OC(C)=O. The van der Waals surface area contributed by atoms with Crippen molar-refractivity contribution in [1.82, 2.24) is 4.90 Å². The summed E-state index contributed by atoms with van der Waals surface area (Å²) in [6.45, 7) is 1.31. The van der Waals surface area contributed by atoms with Crippen molar-refractivity contribution in [3.05, 3.63) is 56.4 Å². The van der Waals surface area contributed by atoms with Gasteiger partial charge in [-0.2, -0.15) is 0 Å². The van der Waals surface area contributed by atoms with Gasteiger partial charge in [-0.3, -0.25) is 14.5 Å². The largest absolute Gasteiger partial charge is 0.493 e. The lowest BCUT2D eigenvalue weighted by Crippen LogP contribution is -2.23. The number of nitrogens with zero attached hydrogens (tertiary/aromatic N) is 2. The first-order valence-electron chi connectivity index (χ1n) is 8.36. The zero-order valence-electron chi connectivity index (χ0n) is 15.7. The highest BCUT2D eigenvalue weighted by atomic mass is 79.9. The Bertz CT molecular complexity index is 1040. The van der Waals surface area contributed by atoms with Crippen LogP contribution in [-0.4, -0.2) is 36.1 Å². The average Bonchev–Trinajstić information content (AvgIpc) is 2.93. The quantitative estimate of drug-likeness (QED) is 0.328. The Morgan fingerprint density at radius 3 is 2.55 bits per heavy atom. The second-order valence-corrected chi connectivity index (χ2v) is 8.26. The van der Waals surface area contributed by atoms with E-state index in [1.165, 1.54) is 30.7 Å². The van der Waals surface area contributed by atoms with Crippen LogP contribution in [0.1, 0.15) is 12.5 Å². The maximum Gasteiger partial charge on any atom is 0.308 e. The number of ether oxygens (including phenoxy) is 2. The van der Waals surface area contributed by atoms with Crippen molar-refractivity contribution < 1.29 is 19.1 Å². The van der Waals surface area contributed by atoms with Crippen LogP contribution in [0.25, 0.3) is 6.08 Å². The molecule has 0 unspecified atom stereocenters. The first-order valence-corrected chi connectivity index (χ1v) is 10.3. The summed E-state index contributed by atoms with van der Waals surface area (Å²) in [5.74, 6) is 0.0563. The Hall–Kier alpha value is -2.29. The highest BCUT2D eigenvalue weighted by Gasteiger charge is 2.30. The van der Waals surface area contributed by atoms with Crippen molar-refractivity contribution in [3.8, 4) is 11.5 Å². The van der Waals surface area contributed by atoms with Crippen molar-refractivity contribution >= 4 is 68.1 Å². The first-order chi connectivity index (χ1) is 13.8. The van der Waals surface area contributed by atoms with Crippen molar-refractivity contribution in [2.24, 2.45) is 4.99 Å². The van der Waals surface area contributed by atoms with Crippen molar-refractivity contribution in [2.75, 3.05) is 14.2 Å². The van der Waals surface area contributed by atoms with E-state index < -0.39 is 5.97 Å². The fraction of sp³-hybridized carbons (Fsp3) is 0.150. The van der Waals surface area contributed by atoms with E-state index in [9.17, 15) is 9.59 Å². The lowest BCUT2D eigenvalue weighted by Gasteiger charge is -2.10. The van der Waals surface area contributed by atoms with E-state index in [-0.39, 0.29) is 5.91 Å². The maximum absolute atomic E-state index is 12.7. The number of esters is 1. The molecule has 0 aromatic heterocycles. The van der Waals surface area contributed by atoms with Gasteiger partial charge < -0.3 is 9.47 Å². The van der Waals surface area contributed by atoms with Gasteiger partial charge in [-0.25, -0.2) is 4.99 Å². The number of hydrogen-bond donors (Lipinski definition) is 0. The van der Waals surface area contributed by atoms with Crippen LogP contribution >= 0.6 is 39.3 Å². The first kappa shape index (κ1) is 21.4. The minimum atomic E-state index is -0.451. The van der Waals surface area contributed by atoms with Crippen molar-refractivity contribution in [1.29, 1.82) is 0 Å². The molecular formula is C20H16BrClN2O4S. The van der Waals surface area contributed by atoms with Crippen LogP contribution in [0.5, 0.6) is 11.5 Å². The predicted octanol–water partition coefficient (Wildman–Crippen LogP) is 5.27. The third-order valence-electron chi connectivity index (χ3n) is 3.88.